The molecule has 110 valence electrons. The van der Waals surface area contributed by atoms with Gasteiger partial charge in [0.25, 0.3) is 0 Å². The third-order valence-electron chi connectivity index (χ3n) is 3.04. The van der Waals surface area contributed by atoms with E-state index < -0.39 is 0 Å². The largest absolute Gasteiger partial charge is 0.362 e. The van der Waals surface area contributed by atoms with Crippen LogP contribution < -0.4 is 10.2 Å². The number of carbonyl (C=O) groups excluding carboxylic acids is 1. The van der Waals surface area contributed by atoms with Crippen molar-refractivity contribution >= 4 is 44.8 Å². The summed E-state index contributed by atoms with van der Waals surface area (Å²) in [5.41, 5.74) is 1.64. The Morgan fingerprint density at radius 1 is 1.24 bits per heavy atom. The van der Waals surface area contributed by atoms with Crippen LogP contribution in [-0.4, -0.2) is 19.0 Å². The van der Waals surface area contributed by atoms with Gasteiger partial charge < -0.3 is 10.2 Å². The Morgan fingerprint density at radius 2 is 1.95 bits per heavy atom. The number of amides is 1. The Morgan fingerprint density at radius 3 is 2.57 bits per heavy atom. The van der Waals surface area contributed by atoms with Crippen LogP contribution in [0.5, 0.6) is 0 Å². The second-order valence-corrected chi connectivity index (χ2v) is 5.84. The zero-order chi connectivity index (χ0) is 15.2. The van der Waals surface area contributed by atoms with Crippen molar-refractivity contribution < 1.29 is 4.79 Å². The summed E-state index contributed by atoms with van der Waals surface area (Å²) in [6.07, 6.45) is 0. The second-order valence-electron chi connectivity index (χ2n) is 4.52. The van der Waals surface area contributed by atoms with E-state index in [9.17, 15) is 4.79 Å². The lowest BCUT2D eigenvalue weighted by atomic mass is 10.2. The quantitative estimate of drug-likeness (QED) is 0.839. The molecule has 0 unspecified atom stereocenters. The van der Waals surface area contributed by atoms with E-state index in [1.165, 1.54) is 0 Å². The van der Waals surface area contributed by atoms with E-state index in [1.54, 1.807) is 12.1 Å². The molecule has 0 aliphatic heterocycles. The SMILES string of the molecule is CCN(CC(=O)Nc1ccc(Br)cc1Cl)c1ccccc1. The lowest BCUT2D eigenvalue weighted by molar-refractivity contribution is -0.115. The number of para-hydroxylation sites is 1. The molecule has 0 aromatic heterocycles. The predicted molar refractivity (Wildman–Crippen MR) is 92.1 cm³/mol. The molecule has 2 aromatic rings. The highest BCUT2D eigenvalue weighted by molar-refractivity contribution is 9.10. The number of rotatable bonds is 5. The molecule has 1 amide bonds. The minimum absolute atomic E-state index is 0.0927. The molecule has 1 N–H and O–H groups in total. The van der Waals surface area contributed by atoms with E-state index in [-0.39, 0.29) is 12.5 Å². The highest BCUT2D eigenvalue weighted by Gasteiger charge is 2.11. The fourth-order valence-electron chi connectivity index (χ4n) is 1.98. The summed E-state index contributed by atoms with van der Waals surface area (Å²) < 4.78 is 0.880. The fourth-order valence-corrected chi connectivity index (χ4v) is 2.70. The van der Waals surface area contributed by atoms with Crippen LogP contribution in [0.2, 0.25) is 5.02 Å². The third kappa shape index (κ3) is 4.48. The monoisotopic (exact) mass is 366 g/mol. The molecule has 0 fully saturated rings. The Balaban J connectivity index is 2.03. The zero-order valence-corrected chi connectivity index (χ0v) is 14.0. The molecule has 0 saturated heterocycles. The fraction of sp³-hybridized carbons (Fsp3) is 0.188. The van der Waals surface area contributed by atoms with Crippen molar-refractivity contribution in [3.63, 3.8) is 0 Å². The average molecular weight is 368 g/mol. The van der Waals surface area contributed by atoms with Crippen LogP contribution in [0.15, 0.2) is 53.0 Å². The number of carbonyl (C=O) groups is 1. The maximum absolute atomic E-state index is 12.2. The van der Waals surface area contributed by atoms with Crippen molar-refractivity contribution in [2.45, 2.75) is 6.92 Å². The summed E-state index contributed by atoms with van der Waals surface area (Å²) in [5, 5.41) is 3.35. The maximum atomic E-state index is 12.2. The highest BCUT2D eigenvalue weighted by Crippen LogP contribution is 2.25. The Hall–Kier alpha value is -1.52. The minimum Gasteiger partial charge on any atom is -0.362 e. The van der Waals surface area contributed by atoms with Gasteiger partial charge in [0.1, 0.15) is 0 Å². The van der Waals surface area contributed by atoms with Crippen LogP contribution in [0, 0.1) is 0 Å². The summed E-state index contributed by atoms with van der Waals surface area (Å²) in [4.78, 5) is 14.2. The van der Waals surface area contributed by atoms with Gasteiger partial charge >= 0.3 is 0 Å². The number of hydrogen-bond donors (Lipinski definition) is 1. The van der Waals surface area contributed by atoms with E-state index in [2.05, 4.69) is 21.2 Å². The van der Waals surface area contributed by atoms with Gasteiger partial charge in [-0.3, -0.25) is 4.79 Å². The maximum Gasteiger partial charge on any atom is 0.243 e. The molecule has 0 aliphatic carbocycles. The van der Waals surface area contributed by atoms with Gasteiger partial charge in [0.2, 0.25) is 5.91 Å². The number of nitrogens with one attached hydrogen (secondary N) is 1. The van der Waals surface area contributed by atoms with Crippen molar-refractivity contribution in [2.24, 2.45) is 0 Å². The van der Waals surface area contributed by atoms with Crippen LogP contribution in [0.4, 0.5) is 11.4 Å². The van der Waals surface area contributed by atoms with Gasteiger partial charge in [-0.05, 0) is 37.3 Å². The molecule has 0 saturated carbocycles. The topological polar surface area (TPSA) is 32.3 Å². The Kier molecular flexibility index (Phi) is 5.65. The molecule has 0 heterocycles. The molecule has 0 aliphatic rings. The van der Waals surface area contributed by atoms with Gasteiger partial charge in [-0.2, -0.15) is 0 Å². The summed E-state index contributed by atoms with van der Waals surface area (Å²) in [6.45, 7) is 3.06. The summed E-state index contributed by atoms with van der Waals surface area (Å²) >= 11 is 9.44. The van der Waals surface area contributed by atoms with Crippen molar-refractivity contribution in [1.82, 2.24) is 0 Å². The number of hydrogen-bond acceptors (Lipinski definition) is 2. The smallest absolute Gasteiger partial charge is 0.243 e. The van der Waals surface area contributed by atoms with Gasteiger partial charge in [-0.25, -0.2) is 0 Å². The van der Waals surface area contributed by atoms with Crippen LogP contribution in [0.3, 0.4) is 0 Å². The highest BCUT2D eigenvalue weighted by atomic mass is 79.9. The molecule has 0 bridgehead atoms. The first-order chi connectivity index (χ1) is 10.1. The Labute approximate surface area is 138 Å². The van der Waals surface area contributed by atoms with Gasteiger partial charge in [-0.15, -0.1) is 0 Å². The predicted octanol–water partition coefficient (Wildman–Crippen LogP) is 4.57. The number of likely N-dealkylation sites (N-methyl/N-ethyl adjacent to an activating group) is 1. The summed E-state index contributed by atoms with van der Waals surface area (Å²) in [5.74, 6) is -0.0927. The minimum atomic E-state index is -0.0927. The zero-order valence-electron chi connectivity index (χ0n) is 11.6. The van der Waals surface area contributed by atoms with Crippen LogP contribution in [0.25, 0.3) is 0 Å². The molecule has 0 spiro atoms. The van der Waals surface area contributed by atoms with E-state index in [4.69, 9.17) is 11.6 Å². The molecule has 0 radical (unpaired) electrons. The summed E-state index contributed by atoms with van der Waals surface area (Å²) in [7, 11) is 0. The van der Waals surface area contributed by atoms with E-state index in [1.807, 2.05) is 48.2 Å². The van der Waals surface area contributed by atoms with Crippen LogP contribution in [-0.2, 0) is 4.79 Å². The van der Waals surface area contributed by atoms with Crippen molar-refractivity contribution in [3.8, 4) is 0 Å². The first kappa shape index (κ1) is 15.9. The normalized spacial score (nSPS) is 10.2. The van der Waals surface area contributed by atoms with Gasteiger partial charge in [-0.1, -0.05) is 45.7 Å². The lowest BCUT2D eigenvalue weighted by Crippen LogP contribution is -2.33. The van der Waals surface area contributed by atoms with E-state index >= 15 is 0 Å². The standard InChI is InChI=1S/C16H16BrClN2O/c1-2-20(13-6-4-3-5-7-13)11-16(21)19-15-9-8-12(17)10-14(15)18/h3-10H,2,11H2,1H3,(H,19,21). The molecule has 5 heteroatoms. The molecule has 0 atom stereocenters. The first-order valence-corrected chi connectivity index (χ1v) is 7.82. The molecule has 3 nitrogen and oxygen atoms in total. The second kappa shape index (κ2) is 7.48. The van der Waals surface area contributed by atoms with Gasteiger partial charge in [0.15, 0.2) is 0 Å². The van der Waals surface area contributed by atoms with E-state index in [0.717, 1.165) is 16.7 Å². The van der Waals surface area contributed by atoms with Crippen molar-refractivity contribution in [2.75, 3.05) is 23.3 Å². The molecule has 2 aromatic carbocycles. The summed E-state index contributed by atoms with van der Waals surface area (Å²) in [6, 6.07) is 15.2. The number of nitrogens with zero attached hydrogens (tertiary/aromatic N) is 1. The van der Waals surface area contributed by atoms with Gasteiger partial charge in [0.05, 0.1) is 17.3 Å². The third-order valence-corrected chi connectivity index (χ3v) is 3.85. The molecular formula is C16H16BrClN2O. The number of halogens is 2. The van der Waals surface area contributed by atoms with Crippen molar-refractivity contribution in [3.05, 3.63) is 58.0 Å². The van der Waals surface area contributed by atoms with Gasteiger partial charge in [0, 0.05) is 16.7 Å². The number of anilines is 2. The van der Waals surface area contributed by atoms with E-state index in [0.29, 0.717) is 10.7 Å². The molecule has 2 rings (SSSR count). The van der Waals surface area contributed by atoms with Crippen LogP contribution >= 0.6 is 27.5 Å². The van der Waals surface area contributed by atoms with Crippen LogP contribution in [0.1, 0.15) is 6.92 Å². The van der Waals surface area contributed by atoms with Crippen molar-refractivity contribution in [1.29, 1.82) is 0 Å². The molecule has 21 heavy (non-hydrogen) atoms. The number of benzene rings is 2. The lowest BCUT2D eigenvalue weighted by Gasteiger charge is -2.22. The average Bonchev–Trinajstić information content (AvgIpc) is 2.48. The first-order valence-electron chi connectivity index (χ1n) is 6.65. The Bertz CT molecular complexity index is 619. The molecular weight excluding hydrogens is 352 g/mol.